The van der Waals surface area contributed by atoms with E-state index in [1.165, 1.54) is 12.1 Å². The number of nitrogens with one attached hydrogen (secondary N) is 2. The number of nitrogens with zero attached hydrogens (tertiary/aromatic N) is 2. The van der Waals surface area contributed by atoms with Gasteiger partial charge in [-0.25, -0.2) is 4.39 Å². The largest absolute Gasteiger partial charge is 0.489 e. The second kappa shape index (κ2) is 10.0. The van der Waals surface area contributed by atoms with Gasteiger partial charge < -0.3 is 15.4 Å². The molecule has 26 heavy (non-hydrogen) atoms. The summed E-state index contributed by atoms with van der Waals surface area (Å²) in [5.41, 5.74) is 1.69. The minimum Gasteiger partial charge on any atom is -0.489 e. The van der Waals surface area contributed by atoms with E-state index in [1.54, 1.807) is 31.3 Å². The van der Waals surface area contributed by atoms with E-state index in [9.17, 15) is 4.39 Å². The zero-order valence-electron chi connectivity index (χ0n) is 15.0. The molecule has 0 heterocycles. The van der Waals surface area contributed by atoms with Crippen molar-refractivity contribution in [1.29, 1.82) is 5.26 Å². The summed E-state index contributed by atoms with van der Waals surface area (Å²) in [5.74, 6) is 0.847. The van der Waals surface area contributed by atoms with Crippen molar-refractivity contribution in [3.8, 4) is 11.8 Å². The first-order chi connectivity index (χ1) is 12.6. The molecule has 0 amide bonds. The molecule has 0 aliphatic carbocycles. The summed E-state index contributed by atoms with van der Waals surface area (Å²) in [4.78, 5) is 4.19. The fourth-order valence-electron chi connectivity index (χ4n) is 2.32. The summed E-state index contributed by atoms with van der Waals surface area (Å²) < 4.78 is 19.1. The van der Waals surface area contributed by atoms with Crippen molar-refractivity contribution in [2.24, 2.45) is 4.99 Å². The molecule has 2 aromatic carbocycles. The predicted molar refractivity (Wildman–Crippen MR) is 100 cm³/mol. The highest BCUT2D eigenvalue weighted by atomic mass is 19.1. The van der Waals surface area contributed by atoms with E-state index in [-0.39, 0.29) is 11.9 Å². The average molecular weight is 354 g/mol. The van der Waals surface area contributed by atoms with Gasteiger partial charge in [0.05, 0.1) is 18.2 Å². The van der Waals surface area contributed by atoms with Gasteiger partial charge in [-0.1, -0.05) is 25.1 Å². The van der Waals surface area contributed by atoms with E-state index in [4.69, 9.17) is 10.00 Å². The molecule has 0 saturated heterocycles. The fourth-order valence-corrected chi connectivity index (χ4v) is 2.32. The van der Waals surface area contributed by atoms with Crippen molar-refractivity contribution < 1.29 is 9.13 Å². The number of hydrogen-bond donors (Lipinski definition) is 2. The third kappa shape index (κ3) is 6.10. The monoisotopic (exact) mass is 354 g/mol. The van der Waals surface area contributed by atoms with Crippen LogP contribution in [0.2, 0.25) is 0 Å². The third-order valence-corrected chi connectivity index (χ3v) is 3.82. The van der Waals surface area contributed by atoms with Crippen molar-refractivity contribution in [1.82, 2.24) is 10.6 Å². The van der Waals surface area contributed by atoms with Gasteiger partial charge in [0.2, 0.25) is 0 Å². The molecule has 2 aromatic rings. The maximum atomic E-state index is 13.3. The minimum atomic E-state index is -0.315. The summed E-state index contributed by atoms with van der Waals surface area (Å²) in [5, 5.41) is 15.3. The number of rotatable bonds is 7. The number of hydrogen-bond acceptors (Lipinski definition) is 3. The Labute approximate surface area is 153 Å². The highest BCUT2D eigenvalue weighted by molar-refractivity contribution is 5.79. The summed E-state index contributed by atoms with van der Waals surface area (Å²) in [6, 6.07) is 15.6. The Morgan fingerprint density at radius 1 is 1.23 bits per heavy atom. The van der Waals surface area contributed by atoms with E-state index in [0.29, 0.717) is 30.4 Å². The Hall–Kier alpha value is -3.07. The number of halogens is 1. The fraction of sp³-hybridized carbons (Fsp3) is 0.300. The second-order valence-electron chi connectivity index (χ2n) is 5.72. The zero-order chi connectivity index (χ0) is 18.8. The molecule has 0 fully saturated rings. The molecular formula is C20H23FN4O. The molecule has 1 atom stereocenters. The summed E-state index contributed by atoms with van der Waals surface area (Å²) in [7, 11) is 1.70. The van der Waals surface area contributed by atoms with Crippen LogP contribution in [0.25, 0.3) is 0 Å². The van der Waals surface area contributed by atoms with Gasteiger partial charge in [-0.15, -0.1) is 0 Å². The first kappa shape index (κ1) is 19.3. The van der Waals surface area contributed by atoms with Gasteiger partial charge in [-0.3, -0.25) is 4.99 Å². The quantitative estimate of drug-likeness (QED) is 0.592. The molecule has 0 bridgehead atoms. The van der Waals surface area contributed by atoms with E-state index >= 15 is 0 Å². The van der Waals surface area contributed by atoms with E-state index in [2.05, 4.69) is 21.7 Å². The van der Waals surface area contributed by atoms with Gasteiger partial charge in [0, 0.05) is 19.7 Å². The van der Waals surface area contributed by atoms with Crippen LogP contribution in [0.1, 0.15) is 24.5 Å². The molecule has 2 N–H and O–H groups in total. The number of ether oxygens (including phenoxy) is 1. The summed E-state index contributed by atoms with van der Waals surface area (Å²) >= 11 is 0. The van der Waals surface area contributed by atoms with Crippen molar-refractivity contribution in [2.45, 2.75) is 26.0 Å². The van der Waals surface area contributed by atoms with E-state index < -0.39 is 0 Å². The average Bonchev–Trinajstić information content (AvgIpc) is 2.67. The van der Waals surface area contributed by atoms with Gasteiger partial charge >= 0.3 is 0 Å². The van der Waals surface area contributed by atoms with Crippen LogP contribution in [0.4, 0.5) is 4.39 Å². The van der Waals surface area contributed by atoms with Crippen LogP contribution in [-0.4, -0.2) is 25.7 Å². The third-order valence-electron chi connectivity index (χ3n) is 3.82. The number of benzene rings is 2. The van der Waals surface area contributed by atoms with Crippen LogP contribution in [0.3, 0.4) is 0 Å². The van der Waals surface area contributed by atoms with Crippen LogP contribution < -0.4 is 15.4 Å². The molecule has 1 unspecified atom stereocenters. The van der Waals surface area contributed by atoms with Gasteiger partial charge in [0.25, 0.3) is 0 Å². The van der Waals surface area contributed by atoms with Crippen molar-refractivity contribution in [3.63, 3.8) is 0 Å². The van der Waals surface area contributed by atoms with Crippen molar-refractivity contribution in [2.75, 3.05) is 13.6 Å². The molecule has 2 rings (SSSR count). The number of guanidine groups is 1. The lowest BCUT2D eigenvalue weighted by Crippen LogP contribution is -2.42. The molecule has 0 aliphatic rings. The Kier molecular flexibility index (Phi) is 7.44. The van der Waals surface area contributed by atoms with Crippen LogP contribution >= 0.6 is 0 Å². The molecule has 0 saturated carbocycles. The second-order valence-corrected chi connectivity index (χ2v) is 5.72. The van der Waals surface area contributed by atoms with Crippen LogP contribution in [0.5, 0.6) is 5.75 Å². The molecule has 5 nitrogen and oxygen atoms in total. The maximum Gasteiger partial charge on any atom is 0.191 e. The topological polar surface area (TPSA) is 69.4 Å². The van der Waals surface area contributed by atoms with Crippen LogP contribution in [0.15, 0.2) is 53.5 Å². The molecule has 0 radical (unpaired) electrons. The Morgan fingerprint density at radius 3 is 2.62 bits per heavy atom. The maximum absolute atomic E-state index is 13.3. The summed E-state index contributed by atoms with van der Waals surface area (Å²) in [6.07, 6.45) is 0.668. The zero-order valence-corrected chi connectivity index (χ0v) is 15.0. The first-order valence-corrected chi connectivity index (χ1v) is 8.50. The van der Waals surface area contributed by atoms with Gasteiger partial charge in [-0.2, -0.15) is 5.26 Å². The lowest BCUT2D eigenvalue weighted by atomic mass is 10.1. The Balaban J connectivity index is 1.83. The standard InChI is InChI=1S/C20H23FN4O/c1-3-18(26-19-6-4-5-17(21)11-19)14-25-20(23-2)24-13-16-9-7-15(12-22)8-10-16/h4-11,18H,3,13-14H2,1-2H3,(H2,23,24,25). The molecule has 136 valence electrons. The summed E-state index contributed by atoms with van der Waals surface area (Å²) in [6.45, 7) is 3.14. The highest BCUT2D eigenvalue weighted by Crippen LogP contribution is 2.14. The van der Waals surface area contributed by atoms with Crippen molar-refractivity contribution >= 4 is 5.96 Å². The van der Waals surface area contributed by atoms with Crippen LogP contribution in [-0.2, 0) is 6.54 Å². The van der Waals surface area contributed by atoms with Crippen molar-refractivity contribution in [3.05, 3.63) is 65.5 Å². The number of aliphatic imine (C=N–C) groups is 1. The lowest BCUT2D eigenvalue weighted by molar-refractivity contribution is 0.199. The number of nitriles is 1. The Bertz CT molecular complexity index is 768. The molecular weight excluding hydrogens is 331 g/mol. The predicted octanol–water partition coefficient (Wildman–Crippen LogP) is 3.22. The molecule has 6 heteroatoms. The van der Waals surface area contributed by atoms with E-state index in [0.717, 1.165) is 12.0 Å². The van der Waals surface area contributed by atoms with Crippen LogP contribution in [0, 0.1) is 17.1 Å². The SMILES string of the molecule is CCC(CNC(=NC)NCc1ccc(C#N)cc1)Oc1cccc(F)c1. The smallest absolute Gasteiger partial charge is 0.191 e. The van der Waals surface area contributed by atoms with Gasteiger partial charge in [0.15, 0.2) is 5.96 Å². The Morgan fingerprint density at radius 2 is 2.00 bits per heavy atom. The molecule has 0 aromatic heterocycles. The highest BCUT2D eigenvalue weighted by Gasteiger charge is 2.10. The minimum absolute atomic E-state index is 0.106. The van der Waals surface area contributed by atoms with Gasteiger partial charge in [0.1, 0.15) is 17.7 Å². The normalized spacial score (nSPS) is 12.2. The van der Waals surface area contributed by atoms with E-state index in [1.807, 2.05) is 19.1 Å². The van der Waals surface area contributed by atoms with Gasteiger partial charge in [-0.05, 0) is 36.2 Å². The molecule has 0 aliphatic heterocycles. The first-order valence-electron chi connectivity index (χ1n) is 8.50. The lowest BCUT2D eigenvalue weighted by Gasteiger charge is -2.20. The molecule has 0 spiro atoms.